The summed E-state index contributed by atoms with van der Waals surface area (Å²) in [5.41, 5.74) is 1.18. The van der Waals surface area contributed by atoms with Crippen LogP contribution in [0.4, 0.5) is 31.9 Å². The normalized spacial score (nSPS) is 17.4. The van der Waals surface area contributed by atoms with E-state index in [-0.39, 0.29) is 29.4 Å². The van der Waals surface area contributed by atoms with Crippen molar-refractivity contribution in [3.8, 4) is 5.75 Å². The van der Waals surface area contributed by atoms with Gasteiger partial charge in [0.25, 0.3) is 11.8 Å². The Labute approximate surface area is 221 Å². The van der Waals surface area contributed by atoms with Gasteiger partial charge in [-0.1, -0.05) is 12.8 Å². The molecular formula is C26H35F2N7O3. The van der Waals surface area contributed by atoms with Crippen LogP contribution in [-0.4, -0.2) is 86.5 Å². The molecule has 10 nitrogen and oxygen atoms in total. The number of nitrogens with zero attached hydrogens (tertiary/aromatic N) is 5. The van der Waals surface area contributed by atoms with Crippen molar-refractivity contribution >= 4 is 35.0 Å². The molecule has 4 rings (SSSR count). The van der Waals surface area contributed by atoms with E-state index in [0.717, 1.165) is 43.5 Å². The first-order chi connectivity index (χ1) is 18.1. The van der Waals surface area contributed by atoms with Crippen molar-refractivity contribution in [1.29, 1.82) is 0 Å². The highest BCUT2D eigenvalue weighted by Gasteiger charge is 2.48. The van der Waals surface area contributed by atoms with E-state index in [1.54, 1.807) is 23.1 Å². The molecule has 1 aromatic carbocycles. The molecule has 12 heteroatoms. The third-order valence-electron chi connectivity index (χ3n) is 6.91. The third kappa shape index (κ3) is 5.95. The summed E-state index contributed by atoms with van der Waals surface area (Å²) in [6, 6.07) is 4.83. The Bertz CT molecular complexity index is 1170. The summed E-state index contributed by atoms with van der Waals surface area (Å²) in [7, 11) is 6.76. The molecule has 2 amide bonds. The van der Waals surface area contributed by atoms with E-state index in [9.17, 15) is 18.4 Å². The van der Waals surface area contributed by atoms with Gasteiger partial charge in [0.1, 0.15) is 11.4 Å². The highest BCUT2D eigenvalue weighted by Crippen LogP contribution is 2.40. The lowest BCUT2D eigenvalue weighted by Crippen LogP contribution is -2.48. The van der Waals surface area contributed by atoms with Gasteiger partial charge in [0, 0.05) is 25.2 Å². The van der Waals surface area contributed by atoms with E-state index in [1.165, 1.54) is 20.4 Å². The number of aromatic nitrogens is 2. The Morgan fingerprint density at radius 3 is 2.68 bits per heavy atom. The zero-order chi connectivity index (χ0) is 27.4. The number of carbonyl (C=O) groups is 2. The van der Waals surface area contributed by atoms with Crippen LogP contribution >= 0.6 is 0 Å². The number of ether oxygens (including phenoxy) is 1. The second-order valence-electron chi connectivity index (χ2n) is 9.99. The van der Waals surface area contributed by atoms with Crippen LogP contribution in [0, 0.1) is 0 Å². The SMILES string of the molecule is COc1cc(C(=O)NCCCN(C)C)ccc1Nc1ncc2c(n1)N(C1CCCC1)CC(F)(F)C(=O)N2C. The summed E-state index contributed by atoms with van der Waals surface area (Å²) in [6.07, 6.45) is 5.60. The van der Waals surface area contributed by atoms with Gasteiger partial charge in [-0.25, -0.2) is 4.98 Å². The minimum absolute atomic E-state index is 0.133. The molecule has 2 heterocycles. The molecule has 206 valence electrons. The van der Waals surface area contributed by atoms with E-state index in [4.69, 9.17) is 4.74 Å². The number of nitrogens with one attached hydrogen (secondary N) is 2. The summed E-state index contributed by atoms with van der Waals surface area (Å²) >= 11 is 0. The van der Waals surface area contributed by atoms with Gasteiger partial charge in [-0.3, -0.25) is 9.59 Å². The average molecular weight is 532 g/mol. The zero-order valence-electron chi connectivity index (χ0n) is 22.3. The first-order valence-corrected chi connectivity index (χ1v) is 12.8. The van der Waals surface area contributed by atoms with Gasteiger partial charge in [0.15, 0.2) is 5.82 Å². The number of anilines is 4. The van der Waals surface area contributed by atoms with Gasteiger partial charge in [0.2, 0.25) is 5.95 Å². The van der Waals surface area contributed by atoms with Crippen LogP contribution in [0.25, 0.3) is 0 Å². The fraction of sp³-hybridized carbons (Fsp3) is 0.538. The second kappa shape index (κ2) is 11.5. The summed E-state index contributed by atoms with van der Waals surface area (Å²) in [6.45, 7) is 0.689. The molecule has 0 atom stereocenters. The van der Waals surface area contributed by atoms with Gasteiger partial charge in [-0.2, -0.15) is 13.8 Å². The van der Waals surface area contributed by atoms with Gasteiger partial charge in [0.05, 0.1) is 25.5 Å². The van der Waals surface area contributed by atoms with E-state index in [1.807, 2.05) is 14.1 Å². The fourth-order valence-corrected chi connectivity index (χ4v) is 4.86. The van der Waals surface area contributed by atoms with Crippen LogP contribution < -0.4 is 25.2 Å². The highest BCUT2D eigenvalue weighted by molar-refractivity contribution is 6.02. The van der Waals surface area contributed by atoms with E-state index in [0.29, 0.717) is 23.5 Å². The van der Waals surface area contributed by atoms with E-state index in [2.05, 4.69) is 25.5 Å². The Kier molecular flexibility index (Phi) is 8.29. The third-order valence-corrected chi connectivity index (χ3v) is 6.91. The van der Waals surface area contributed by atoms with E-state index >= 15 is 0 Å². The quantitative estimate of drug-likeness (QED) is 0.476. The molecule has 2 N–H and O–H groups in total. The molecule has 2 aliphatic rings. The number of halogens is 2. The minimum Gasteiger partial charge on any atom is -0.495 e. The molecule has 0 saturated heterocycles. The molecule has 0 radical (unpaired) electrons. The lowest BCUT2D eigenvalue weighted by molar-refractivity contribution is -0.140. The number of carbonyl (C=O) groups excluding carboxylic acids is 2. The number of methoxy groups -OCH3 is 1. The minimum atomic E-state index is -3.54. The average Bonchev–Trinajstić information content (AvgIpc) is 3.41. The summed E-state index contributed by atoms with van der Waals surface area (Å²) < 4.78 is 35.1. The Morgan fingerprint density at radius 1 is 1.26 bits per heavy atom. The number of rotatable bonds is 9. The molecule has 2 aromatic rings. The smallest absolute Gasteiger partial charge is 0.342 e. The van der Waals surface area contributed by atoms with Gasteiger partial charge in [-0.05, 0) is 58.1 Å². The van der Waals surface area contributed by atoms with Gasteiger partial charge < -0.3 is 30.1 Å². The number of hydrogen-bond donors (Lipinski definition) is 2. The Balaban J connectivity index is 1.58. The van der Waals surface area contributed by atoms with Crippen molar-refractivity contribution in [2.75, 3.05) is 63.0 Å². The van der Waals surface area contributed by atoms with E-state index < -0.39 is 18.4 Å². The summed E-state index contributed by atoms with van der Waals surface area (Å²) in [5, 5.41) is 5.98. The van der Waals surface area contributed by atoms with Gasteiger partial charge in [-0.15, -0.1) is 0 Å². The van der Waals surface area contributed by atoms with Crippen LogP contribution in [0.3, 0.4) is 0 Å². The maximum atomic E-state index is 14.8. The summed E-state index contributed by atoms with van der Waals surface area (Å²) in [5.74, 6) is -4.18. The second-order valence-corrected chi connectivity index (χ2v) is 9.99. The van der Waals surface area contributed by atoms with Crippen LogP contribution in [0.1, 0.15) is 42.5 Å². The van der Waals surface area contributed by atoms with Crippen LogP contribution in [0.2, 0.25) is 0 Å². The number of fused-ring (bicyclic) bond motifs is 1. The van der Waals surface area contributed by atoms with Crippen LogP contribution in [0.15, 0.2) is 24.4 Å². The molecule has 1 fully saturated rings. The van der Waals surface area contributed by atoms with Crippen molar-refractivity contribution in [1.82, 2.24) is 20.2 Å². The predicted molar refractivity (Wildman–Crippen MR) is 142 cm³/mol. The molecule has 38 heavy (non-hydrogen) atoms. The first kappa shape index (κ1) is 27.5. The molecule has 0 spiro atoms. The lowest BCUT2D eigenvalue weighted by Gasteiger charge is -2.31. The lowest BCUT2D eigenvalue weighted by atomic mass is 10.1. The molecule has 1 saturated carbocycles. The van der Waals surface area contributed by atoms with Crippen molar-refractivity contribution in [3.05, 3.63) is 30.0 Å². The van der Waals surface area contributed by atoms with Gasteiger partial charge >= 0.3 is 5.92 Å². The maximum Gasteiger partial charge on any atom is 0.342 e. The Hall–Kier alpha value is -3.54. The zero-order valence-corrected chi connectivity index (χ0v) is 22.3. The van der Waals surface area contributed by atoms with Crippen molar-refractivity contribution < 1.29 is 23.1 Å². The number of hydrogen-bond acceptors (Lipinski definition) is 8. The fourth-order valence-electron chi connectivity index (χ4n) is 4.86. The molecule has 1 aromatic heterocycles. The number of amides is 2. The topological polar surface area (TPSA) is 103 Å². The van der Waals surface area contributed by atoms with Crippen molar-refractivity contribution in [2.45, 2.75) is 44.1 Å². The monoisotopic (exact) mass is 531 g/mol. The number of benzene rings is 1. The first-order valence-electron chi connectivity index (χ1n) is 12.8. The molecule has 1 aliphatic heterocycles. The highest BCUT2D eigenvalue weighted by atomic mass is 19.3. The standard InChI is InChI=1S/C26H35F2N7O3/c1-33(2)13-7-12-29-23(36)17-10-11-19(21(14-17)38-4)31-25-30-15-20-22(32-25)35(18-8-5-6-9-18)16-26(27,28)24(37)34(20)3/h10-11,14-15,18H,5-9,12-13,16H2,1-4H3,(H,29,36)(H,30,31,32). The summed E-state index contributed by atoms with van der Waals surface area (Å²) in [4.78, 5) is 38.5. The Morgan fingerprint density at radius 2 is 2.00 bits per heavy atom. The number of alkyl halides is 2. The largest absolute Gasteiger partial charge is 0.495 e. The van der Waals surface area contributed by atoms with Crippen LogP contribution in [-0.2, 0) is 4.79 Å². The predicted octanol–water partition coefficient (Wildman–Crippen LogP) is 3.27. The molecule has 0 bridgehead atoms. The van der Waals surface area contributed by atoms with Crippen LogP contribution in [0.5, 0.6) is 5.75 Å². The van der Waals surface area contributed by atoms with Crippen molar-refractivity contribution in [3.63, 3.8) is 0 Å². The molecule has 0 unspecified atom stereocenters. The van der Waals surface area contributed by atoms with Crippen molar-refractivity contribution in [2.24, 2.45) is 0 Å². The maximum absolute atomic E-state index is 14.8. The molecule has 1 aliphatic carbocycles. The molecular weight excluding hydrogens is 496 g/mol.